The molecule has 26 heavy (non-hydrogen) atoms. The fraction of sp³-hybridized carbons (Fsp3) is 0.0455. The number of hydrogen-bond donors (Lipinski definition) is 1. The molecule has 0 aliphatic carbocycles. The minimum Gasteiger partial charge on any atom is -0.307 e. The SMILES string of the molecule is Cc1ccc2nc(-c3ccccc3)cc(C(=O)Nc3ccccn3)c2c1. The number of anilines is 1. The lowest BCUT2D eigenvalue weighted by Gasteiger charge is -2.11. The number of fused-ring (bicyclic) bond motifs is 1. The van der Waals surface area contributed by atoms with Crippen molar-refractivity contribution in [2.45, 2.75) is 6.92 Å². The second-order valence-corrected chi connectivity index (χ2v) is 6.11. The summed E-state index contributed by atoms with van der Waals surface area (Å²) in [5, 5.41) is 3.70. The summed E-state index contributed by atoms with van der Waals surface area (Å²) in [5.41, 5.74) is 4.21. The highest BCUT2D eigenvalue weighted by Gasteiger charge is 2.15. The van der Waals surface area contributed by atoms with Gasteiger partial charge >= 0.3 is 0 Å². The third-order valence-electron chi connectivity index (χ3n) is 4.18. The number of benzene rings is 2. The van der Waals surface area contributed by atoms with Gasteiger partial charge in [-0.05, 0) is 37.3 Å². The largest absolute Gasteiger partial charge is 0.307 e. The minimum absolute atomic E-state index is 0.195. The van der Waals surface area contributed by atoms with E-state index >= 15 is 0 Å². The molecule has 4 aromatic rings. The quantitative estimate of drug-likeness (QED) is 0.580. The molecule has 2 heterocycles. The molecule has 4 nitrogen and oxygen atoms in total. The standard InChI is InChI=1S/C22H17N3O/c1-15-10-11-19-17(13-15)18(22(26)25-21-9-5-6-12-23-21)14-20(24-19)16-7-3-2-4-8-16/h2-14H,1H3,(H,23,25,26). The van der Waals surface area contributed by atoms with Crippen LogP contribution in [-0.2, 0) is 0 Å². The number of rotatable bonds is 3. The number of carbonyl (C=O) groups is 1. The Hall–Kier alpha value is -3.53. The first-order valence-corrected chi connectivity index (χ1v) is 8.40. The Kier molecular flexibility index (Phi) is 4.15. The third-order valence-corrected chi connectivity index (χ3v) is 4.18. The molecule has 126 valence electrons. The zero-order valence-corrected chi connectivity index (χ0v) is 14.3. The molecule has 0 fully saturated rings. The number of pyridine rings is 2. The zero-order valence-electron chi connectivity index (χ0n) is 14.3. The summed E-state index contributed by atoms with van der Waals surface area (Å²) in [6.45, 7) is 2.00. The van der Waals surface area contributed by atoms with Crippen molar-refractivity contribution in [3.63, 3.8) is 0 Å². The van der Waals surface area contributed by atoms with Gasteiger partial charge in [-0.1, -0.05) is 48.0 Å². The van der Waals surface area contributed by atoms with Crippen LogP contribution in [0.1, 0.15) is 15.9 Å². The van der Waals surface area contributed by atoms with Gasteiger partial charge in [-0.25, -0.2) is 9.97 Å². The fourth-order valence-electron chi connectivity index (χ4n) is 2.90. The maximum Gasteiger partial charge on any atom is 0.257 e. The first-order valence-electron chi connectivity index (χ1n) is 8.40. The van der Waals surface area contributed by atoms with Gasteiger partial charge in [0, 0.05) is 17.1 Å². The van der Waals surface area contributed by atoms with E-state index in [-0.39, 0.29) is 5.91 Å². The lowest BCUT2D eigenvalue weighted by molar-refractivity contribution is 0.102. The van der Waals surface area contributed by atoms with E-state index in [1.54, 1.807) is 12.3 Å². The van der Waals surface area contributed by atoms with Gasteiger partial charge in [-0.15, -0.1) is 0 Å². The highest BCUT2D eigenvalue weighted by molar-refractivity contribution is 6.12. The Balaban J connectivity index is 1.85. The van der Waals surface area contributed by atoms with Crippen molar-refractivity contribution in [3.8, 4) is 11.3 Å². The first-order chi connectivity index (χ1) is 12.7. The smallest absolute Gasteiger partial charge is 0.257 e. The Morgan fingerprint density at radius 3 is 2.50 bits per heavy atom. The normalized spacial score (nSPS) is 10.7. The Bertz CT molecular complexity index is 1080. The Morgan fingerprint density at radius 1 is 0.923 bits per heavy atom. The van der Waals surface area contributed by atoms with Crippen molar-refractivity contribution in [2.75, 3.05) is 5.32 Å². The van der Waals surface area contributed by atoms with Gasteiger partial charge in [0.1, 0.15) is 5.82 Å². The van der Waals surface area contributed by atoms with Crippen LogP contribution in [0.15, 0.2) is 79.0 Å². The lowest BCUT2D eigenvalue weighted by atomic mass is 10.0. The average molecular weight is 339 g/mol. The molecule has 0 aliphatic heterocycles. The van der Waals surface area contributed by atoms with Gasteiger partial charge in [-0.2, -0.15) is 0 Å². The molecular formula is C22H17N3O. The molecule has 0 unspecified atom stereocenters. The van der Waals surface area contributed by atoms with Gasteiger partial charge in [-0.3, -0.25) is 4.79 Å². The molecule has 0 bridgehead atoms. The topological polar surface area (TPSA) is 54.9 Å². The average Bonchev–Trinajstić information content (AvgIpc) is 2.68. The molecule has 0 atom stereocenters. The molecule has 0 aliphatic rings. The summed E-state index contributed by atoms with van der Waals surface area (Å²) in [4.78, 5) is 21.9. The summed E-state index contributed by atoms with van der Waals surface area (Å²) >= 11 is 0. The number of aryl methyl sites for hydroxylation is 1. The number of amides is 1. The van der Waals surface area contributed by atoms with Crippen LogP contribution in [0.25, 0.3) is 22.2 Å². The molecule has 0 saturated carbocycles. The molecule has 0 spiro atoms. The van der Waals surface area contributed by atoms with E-state index in [1.807, 2.05) is 73.7 Å². The molecule has 1 amide bonds. The monoisotopic (exact) mass is 339 g/mol. The summed E-state index contributed by atoms with van der Waals surface area (Å²) in [5.74, 6) is 0.329. The van der Waals surface area contributed by atoms with Crippen molar-refractivity contribution < 1.29 is 4.79 Å². The Morgan fingerprint density at radius 2 is 1.73 bits per heavy atom. The predicted molar refractivity (Wildman–Crippen MR) is 104 cm³/mol. The van der Waals surface area contributed by atoms with E-state index in [1.165, 1.54) is 0 Å². The number of nitrogens with zero attached hydrogens (tertiary/aromatic N) is 2. The van der Waals surface area contributed by atoms with Crippen molar-refractivity contribution in [1.29, 1.82) is 0 Å². The second-order valence-electron chi connectivity index (χ2n) is 6.11. The van der Waals surface area contributed by atoms with Crippen LogP contribution < -0.4 is 5.32 Å². The predicted octanol–water partition coefficient (Wildman–Crippen LogP) is 4.86. The maximum atomic E-state index is 12.9. The second kappa shape index (κ2) is 6.76. The molecule has 1 N–H and O–H groups in total. The van der Waals surface area contributed by atoms with Gasteiger partial charge in [0.25, 0.3) is 5.91 Å². The lowest BCUT2D eigenvalue weighted by Crippen LogP contribution is -2.14. The van der Waals surface area contributed by atoms with E-state index in [0.717, 1.165) is 27.7 Å². The third kappa shape index (κ3) is 3.17. The molecule has 2 aromatic carbocycles. The number of hydrogen-bond acceptors (Lipinski definition) is 3. The van der Waals surface area contributed by atoms with Crippen molar-refractivity contribution in [2.24, 2.45) is 0 Å². The summed E-state index contributed by atoms with van der Waals surface area (Å²) < 4.78 is 0. The van der Waals surface area contributed by atoms with Crippen molar-refractivity contribution >= 4 is 22.6 Å². The molecule has 0 radical (unpaired) electrons. The highest BCUT2D eigenvalue weighted by atomic mass is 16.1. The van der Waals surface area contributed by atoms with Crippen LogP contribution in [0.5, 0.6) is 0 Å². The summed E-state index contributed by atoms with van der Waals surface area (Å²) in [6.07, 6.45) is 1.65. The molecule has 4 rings (SSSR count). The fourth-order valence-corrected chi connectivity index (χ4v) is 2.90. The van der Waals surface area contributed by atoms with E-state index in [4.69, 9.17) is 4.98 Å². The van der Waals surface area contributed by atoms with Crippen LogP contribution in [0.3, 0.4) is 0 Å². The maximum absolute atomic E-state index is 12.9. The van der Waals surface area contributed by atoms with Crippen LogP contribution >= 0.6 is 0 Å². The summed E-state index contributed by atoms with van der Waals surface area (Å²) in [6, 6.07) is 23.1. The van der Waals surface area contributed by atoms with Crippen molar-refractivity contribution in [3.05, 3.63) is 90.1 Å². The van der Waals surface area contributed by atoms with Crippen LogP contribution in [0, 0.1) is 6.92 Å². The number of nitrogens with one attached hydrogen (secondary N) is 1. The van der Waals surface area contributed by atoms with Crippen LogP contribution in [0.2, 0.25) is 0 Å². The first kappa shape index (κ1) is 16.0. The molecular weight excluding hydrogens is 322 g/mol. The molecule has 2 aromatic heterocycles. The van der Waals surface area contributed by atoms with E-state index in [2.05, 4.69) is 10.3 Å². The van der Waals surface area contributed by atoms with Gasteiger partial charge in [0.2, 0.25) is 0 Å². The van der Waals surface area contributed by atoms with Crippen molar-refractivity contribution in [1.82, 2.24) is 9.97 Å². The molecule has 0 saturated heterocycles. The van der Waals surface area contributed by atoms with E-state index in [0.29, 0.717) is 11.4 Å². The molecule has 4 heteroatoms. The van der Waals surface area contributed by atoms with Gasteiger partial charge < -0.3 is 5.32 Å². The Labute approximate surface area is 151 Å². The summed E-state index contributed by atoms with van der Waals surface area (Å²) in [7, 11) is 0. The van der Waals surface area contributed by atoms with Crippen LogP contribution in [0.4, 0.5) is 5.82 Å². The van der Waals surface area contributed by atoms with E-state index < -0.39 is 0 Å². The number of carbonyl (C=O) groups excluding carboxylic acids is 1. The highest BCUT2D eigenvalue weighted by Crippen LogP contribution is 2.26. The van der Waals surface area contributed by atoms with E-state index in [9.17, 15) is 4.79 Å². The zero-order chi connectivity index (χ0) is 17.9. The van der Waals surface area contributed by atoms with Gasteiger partial charge in [0.15, 0.2) is 0 Å². The minimum atomic E-state index is -0.195. The van der Waals surface area contributed by atoms with Crippen LogP contribution in [-0.4, -0.2) is 15.9 Å². The number of aromatic nitrogens is 2. The van der Waals surface area contributed by atoms with Gasteiger partial charge in [0.05, 0.1) is 16.8 Å².